The Balaban J connectivity index is 2.00. The van der Waals surface area contributed by atoms with Crippen LogP contribution in [0.25, 0.3) is 11.0 Å². The number of aromatic nitrogens is 2. The third kappa shape index (κ3) is 2.46. The molecule has 0 aliphatic heterocycles. The molecule has 0 radical (unpaired) electrons. The molecule has 0 aromatic carbocycles. The second-order valence-electron chi connectivity index (χ2n) is 4.34. The van der Waals surface area contributed by atoms with Crippen LogP contribution in [0.3, 0.4) is 0 Å². The Bertz CT molecular complexity index is 697. The maximum Gasteiger partial charge on any atom is 0.112 e. The van der Waals surface area contributed by atoms with Crippen LogP contribution >= 0.6 is 15.9 Å². The molecule has 0 bridgehead atoms. The Kier molecular flexibility index (Phi) is 3.21. The average molecular weight is 318 g/mol. The van der Waals surface area contributed by atoms with Crippen molar-refractivity contribution in [2.45, 2.75) is 6.54 Å². The van der Waals surface area contributed by atoms with Gasteiger partial charge in [0, 0.05) is 36.0 Å². The van der Waals surface area contributed by atoms with E-state index in [1.54, 1.807) is 24.9 Å². The average Bonchev–Trinajstić information content (AvgIpc) is 2.90. The highest BCUT2D eigenvalue weighted by molar-refractivity contribution is 9.10. The molecule has 0 aliphatic carbocycles. The predicted octanol–water partition coefficient (Wildman–Crippen LogP) is 3.62. The van der Waals surface area contributed by atoms with Crippen LogP contribution in [0.4, 0.5) is 5.69 Å². The maximum absolute atomic E-state index is 5.09. The number of rotatable bonds is 3. The Morgan fingerprint density at radius 1 is 1.32 bits per heavy atom. The van der Waals surface area contributed by atoms with E-state index in [4.69, 9.17) is 4.42 Å². The molecule has 96 valence electrons. The van der Waals surface area contributed by atoms with Gasteiger partial charge in [0.15, 0.2) is 0 Å². The highest BCUT2D eigenvalue weighted by Crippen LogP contribution is 2.25. The van der Waals surface area contributed by atoms with Crippen molar-refractivity contribution >= 4 is 32.7 Å². The van der Waals surface area contributed by atoms with Gasteiger partial charge in [-0.15, -0.1) is 0 Å². The third-order valence-corrected chi connectivity index (χ3v) is 3.37. The van der Waals surface area contributed by atoms with Crippen molar-refractivity contribution in [3.8, 4) is 0 Å². The second-order valence-corrected chi connectivity index (χ2v) is 5.25. The van der Waals surface area contributed by atoms with Crippen molar-refractivity contribution in [3.05, 3.63) is 53.2 Å². The van der Waals surface area contributed by atoms with E-state index in [-0.39, 0.29) is 0 Å². The van der Waals surface area contributed by atoms with Crippen LogP contribution in [-0.4, -0.2) is 17.0 Å². The molecule has 3 rings (SSSR count). The van der Waals surface area contributed by atoms with Crippen LogP contribution in [0.2, 0.25) is 0 Å². The molecule has 3 aromatic heterocycles. The summed E-state index contributed by atoms with van der Waals surface area (Å²) >= 11 is 3.41. The van der Waals surface area contributed by atoms with E-state index in [1.165, 1.54) is 0 Å². The SMILES string of the molecule is CN(Cc1ccoc1)c1ccnc2cc(Br)cnc12. The van der Waals surface area contributed by atoms with Crippen molar-refractivity contribution in [1.82, 2.24) is 9.97 Å². The van der Waals surface area contributed by atoms with E-state index in [2.05, 4.69) is 30.8 Å². The van der Waals surface area contributed by atoms with Crippen LogP contribution in [0.1, 0.15) is 5.56 Å². The lowest BCUT2D eigenvalue weighted by Gasteiger charge is -2.19. The number of nitrogens with zero attached hydrogens (tertiary/aromatic N) is 3. The normalized spacial score (nSPS) is 10.8. The van der Waals surface area contributed by atoms with Gasteiger partial charge in [0.1, 0.15) is 5.52 Å². The molecule has 0 spiro atoms. The molecule has 0 unspecified atom stereocenters. The summed E-state index contributed by atoms with van der Waals surface area (Å²) in [7, 11) is 2.03. The molecule has 3 aromatic rings. The number of hydrogen-bond acceptors (Lipinski definition) is 4. The van der Waals surface area contributed by atoms with Crippen molar-refractivity contribution in [3.63, 3.8) is 0 Å². The van der Waals surface area contributed by atoms with Crippen molar-refractivity contribution < 1.29 is 4.42 Å². The number of fused-ring (bicyclic) bond motifs is 1. The zero-order valence-corrected chi connectivity index (χ0v) is 12.0. The number of anilines is 1. The zero-order valence-electron chi connectivity index (χ0n) is 10.4. The lowest BCUT2D eigenvalue weighted by atomic mass is 10.2. The molecule has 0 amide bonds. The summed E-state index contributed by atoms with van der Waals surface area (Å²) in [6.07, 6.45) is 7.03. The lowest BCUT2D eigenvalue weighted by Crippen LogP contribution is -2.16. The third-order valence-electron chi connectivity index (χ3n) is 2.93. The van der Waals surface area contributed by atoms with Crippen molar-refractivity contribution in [2.24, 2.45) is 0 Å². The first kappa shape index (κ1) is 12.2. The van der Waals surface area contributed by atoms with Gasteiger partial charge in [0.2, 0.25) is 0 Å². The van der Waals surface area contributed by atoms with Gasteiger partial charge in [-0.1, -0.05) is 0 Å². The van der Waals surface area contributed by atoms with Crippen molar-refractivity contribution in [1.29, 1.82) is 0 Å². The molecular formula is C14H12BrN3O. The minimum absolute atomic E-state index is 0.771. The van der Waals surface area contributed by atoms with E-state index < -0.39 is 0 Å². The van der Waals surface area contributed by atoms with Gasteiger partial charge in [0.05, 0.1) is 23.7 Å². The molecule has 5 heteroatoms. The Morgan fingerprint density at radius 2 is 2.21 bits per heavy atom. The summed E-state index contributed by atoms with van der Waals surface area (Å²) in [6.45, 7) is 0.771. The number of hydrogen-bond donors (Lipinski definition) is 0. The number of furan rings is 1. The summed E-state index contributed by atoms with van der Waals surface area (Å²) in [4.78, 5) is 10.9. The van der Waals surface area contributed by atoms with Crippen LogP contribution in [-0.2, 0) is 6.54 Å². The van der Waals surface area contributed by atoms with Crippen LogP contribution < -0.4 is 4.90 Å². The van der Waals surface area contributed by atoms with E-state index in [0.29, 0.717) is 0 Å². The van der Waals surface area contributed by atoms with E-state index in [1.807, 2.05) is 25.2 Å². The molecule has 0 atom stereocenters. The Labute approximate surface area is 119 Å². The fraction of sp³-hybridized carbons (Fsp3) is 0.143. The van der Waals surface area contributed by atoms with Gasteiger partial charge in [-0.2, -0.15) is 0 Å². The Morgan fingerprint density at radius 3 is 3.00 bits per heavy atom. The van der Waals surface area contributed by atoms with E-state index >= 15 is 0 Å². The monoisotopic (exact) mass is 317 g/mol. The molecule has 0 fully saturated rings. The molecule has 0 saturated carbocycles. The Hall–Kier alpha value is -1.88. The maximum atomic E-state index is 5.09. The van der Waals surface area contributed by atoms with Gasteiger partial charge in [-0.25, -0.2) is 0 Å². The summed E-state index contributed by atoms with van der Waals surface area (Å²) < 4.78 is 6.03. The summed E-state index contributed by atoms with van der Waals surface area (Å²) in [5, 5.41) is 0. The molecule has 0 N–H and O–H groups in total. The zero-order chi connectivity index (χ0) is 13.2. The minimum Gasteiger partial charge on any atom is -0.472 e. The fourth-order valence-corrected chi connectivity index (χ4v) is 2.36. The highest BCUT2D eigenvalue weighted by Gasteiger charge is 2.09. The van der Waals surface area contributed by atoms with Gasteiger partial charge in [0.25, 0.3) is 0 Å². The lowest BCUT2D eigenvalue weighted by molar-refractivity contribution is 0.563. The molecule has 19 heavy (non-hydrogen) atoms. The molecule has 0 saturated heterocycles. The second kappa shape index (κ2) is 5.01. The first-order chi connectivity index (χ1) is 9.24. The highest BCUT2D eigenvalue weighted by atomic mass is 79.9. The van der Waals surface area contributed by atoms with Crippen LogP contribution in [0.15, 0.2) is 52.0 Å². The van der Waals surface area contributed by atoms with E-state index in [9.17, 15) is 0 Å². The van der Waals surface area contributed by atoms with Crippen molar-refractivity contribution in [2.75, 3.05) is 11.9 Å². The summed E-state index contributed by atoms with van der Waals surface area (Å²) in [5.41, 5.74) is 3.96. The molecular weight excluding hydrogens is 306 g/mol. The predicted molar refractivity (Wildman–Crippen MR) is 78.1 cm³/mol. The van der Waals surface area contributed by atoms with Crippen LogP contribution in [0, 0.1) is 0 Å². The largest absolute Gasteiger partial charge is 0.472 e. The van der Waals surface area contributed by atoms with Gasteiger partial charge in [-0.05, 0) is 34.1 Å². The van der Waals surface area contributed by atoms with E-state index in [0.717, 1.165) is 33.3 Å². The molecule has 4 nitrogen and oxygen atoms in total. The number of pyridine rings is 2. The smallest absolute Gasteiger partial charge is 0.112 e. The standard InChI is InChI=1S/C14H12BrN3O/c1-18(8-10-3-5-19-9-10)13-2-4-16-12-6-11(15)7-17-14(12)13/h2-7,9H,8H2,1H3. The van der Waals surface area contributed by atoms with Crippen LogP contribution in [0.5, 0.6) is 0 Å². The van der Waals surface area contributed by atoms with Gasteiger partial charge < -0.3 is 9.32 Å². The number of halogens is 1. The quantitative estimate of drug-likeness (QED) is 0.740. The summed E-state index contributed by atoms with van der Waals surface area (Å²) in [6, 6.07) is 5.91. The summed E-state index contributed by atoms with van der Waals surface area (Å²) in [5.74, 6) is 0. The first-order valence-electron chi connectivity index (χ1n) is 5.86. The van der Waals surface area contributed by atoms with Gasteiger partial charge >= 0.3 is 0 Å². The van der Waals surface area contributed by atoms with Gasteiger partial charge in [-0.3, -0.25) is 9.97 Å². The fourth-order valence-electron chi connectivity index (χ4n) is 2.04. The first-order valence-corrected chi connectivity index (χ1v) is 6.66. The minimum atomic E-state index is 0.771. The molecule has 0 aliphatic rings. The topological polar surface area (TPSA) is 42.2 Å². The molecule has 3 heterocycles.